The second kappa shape index (κ2) is 5.34. The lowest BCUT2D eigenvalue weighted by atomic mass is 9.95. The number of alkyl halides is 1. The molecule has 3 unspecified atom stereocenters. The molecule has 0 aromatic carbocycles. The van der Waals surface area contributed by atoms with E-state index in [9.17, 15) is 0 Å². The minimum atomic E-state index is 0.124. The molecule has 1 aliphatic heterocycles. The summed E-state index contributed by atoms with van der Waals surface area (Å²) < 4.78 is 0. The topological polar surface area (TPSA) is 15.3 Å². The van der Waals surface area contributed by atoms with Crippen LogP contribution in [0.2, 0.25) is 0 Å². The molecule has 3 heteroatoms. The van der Waals surface area contributed by atoms with E-state index < -0.39 is 0 Å². The molecule has 0 aromatic heterocycles. The van der Waals surface area contributed by atoms with E-state index in [4.69, 9.17) is 11.6 Å². The largest absolute Gasteiger partial charge is 0.237 e. The molecule has 1 saturated heterocycles. The van der Waals surface area contributed by atoms with E-state index >= 15 is 0 Å². The molecule has 0 bridgehead atoms. The van der Waals surface area contributed by atoms with Crippen LogP contribution in [0, 0.1) is 5.92 Å². The fraction of sp³-hybridized carbons (Fsp3) is 1.00. The van der Waals surface area contributed by atoms with Crippen molar-refractivity contribution in [3.63, 3.8) is 0 Å². The van der Waals surface area contributed by atoms with Crippen LogP contribution in [0.4, 0.5) is 0 Å². The van der Waals surface area contributed by atoms with Crippen LogP contribution in [-0.4, -0.2) is 22.6 Å². The molecule has 1 fully saturated rings. The lowest BCUT2D eigenvalue weighted by molar-refractivity contribution is 0.0101. The normalized spacial score (nSPS) is 32.1. The summed E-state index contributed by atoms with van der Waals surface area (Å²) in [5, 5.41) is 2.37. The van der Waals surface area contributed by atoms with Crippen molar-refractivity contribution in [2.75, 3.05) is 0 Å². The average Bonchev–Trinajstić information content (AvgIpc) is 2.16. The van der Waals surface area contributed by atoms with Crippen molar-refractivity contribution in [2.24, 2.45) is 5.92 Å². The first-order chi connectivity index (χ1) is 6.56. The van der Waals surface area contributed by atoms with E-state index in [1.165, 1.54) is 12.8 Å². The van der Waals surface area contributed by atoms with Crippen molar-refractivity contribution in [3.05, 3.63) is 0 Å². The van der Waals surface area contributed by atoms with Crippen LogP contribution in [0.5, 0.6) is 0 Å². The highest BCUT2D eigenvalue weighted by atomic mass is 35.5. The highest BCUT2D eigenvalue weighted by Crippen LogP contribution is 2.25. The first-order valence-electron chi connectivity index (χ1n) is 5.74. The van der Waals surface area contributed by atoms with Crippen LogP contribution < -0.4 is 5.43 Å². The van der Waals surface area contributed by atoms with Crippen molar-refractivity contribution < 1.29 is 0 Å². The number of rotatable bonds is 3. The predicted octanol–water partition coefficient (Wildman–Crippen LogP) is 2.97. The Hall–Kier alpha value is 0.210. The third-order valence-electron chi connectivity index (χ3n) is 3.20. The second-order valence-corrected chi connectivity index (χ2v) is 5.18. The van der Waals surface area contributed by atoms with Crippen molar-refractivity contribution in [1.29, 1.82) is 0 Å². The van der Waals surface area contributed by atoms with Gasteiger partial charge in [0.15, 0.2) is 0 Å². The Bertz CT molecular complexity index is 173. The third kappa shape index (κ3) is 2.85. The fourth-order valence-electron chi connectivity index (χ4n) is 2.08. The molecule has 1 aliphatic rings. The van der Waals surface area contributed by atoms with Gasteiger partial charge in [-0.3, -0.25) is 0 Å². The van der Waals surface area contributed by atoms with E-state index in [2.05, 4.69) is 38.1 Å². The molecule has 0 spiro atoms. The summed E-state index contributed by atoms with van der Waals surface area (Å²) in [5.41, 5.74) is 3.52. The van der Waals surface area contributed by atoms with Crippen molar-refractivity contribution >= 4 is 11.6 Å². The van der Waals surface area contributed by atoms with Crippen LogP contribution in [0.3, 0.4) is 0 Å². The average molecular weight is 219 g/mol. The Labute approximate surface area is 93.0 Å². The van der Waals surface area contributed by atoms with E-state index in [1.54, 1.807) is 0 Å². The molecule has 0 aliphatic carbocycles. The van der Waals surface area contributed by atoms with E-state index in [-0.39, 0.29) is 5.50 Å². The number of hydrogen-bond acceptors (Lipinski definition) is 2. The van der Waals surface area contributed by atoms with Gasteiger partial charge in [0.1, 0.15) is 0 Å². The molecule has 84 valence electrons. The Kier molecular flexibility index (Phi) is 4.68. The molecule has 14 heavy (non-hydrogen) atoms. The molecule has 2 nitrogen and oxygen atoms in total. The highest BCUT2D eigenvalue weighted by Gasteiger charge is 2.31. The van der Waals surface area contributed by atoms with Crippen molar-refractivity contribution in [1.82, 2.24) is 10.4 Å². The summed E-state index contributed by atoms with van der Waals surface area (Å²) in [6.07, 6.45) is 3.46. The number of nitrogens with one attached hydrogen (secondary N) is 1. The monoisotopic (exact) mass is 218 g/mol. The van der Waals surface area contributed by atoms with Gasteiger partial charge in [-0.25, -0.2) is 10.4 Å². The lowest BCUT2D eigenvalue weighted by Crippen LogP contribution is -2.58. The summed E-state index contributed by atoms with van der Waals surface area (Å²) in [6.45, 7) is 9.06. The molecule has 1 rings (SSSR count). The summed E-state index contributed by atoms with van der Waals surface area (Å²) >= 11 is 6.13. The van der Waals surface area contributed by atoms with Crippen LogP contribution in [0.1, 0.15) is 47.0 Å². The first-order valence-corrected chi connectivity index (χ1v) is 6.18. The quantitative estimate of drug-likeness (QED) is 0.579. The fourth-order valence-corrected chi connectivity index (χ4v) is 2.32. The van der Waals surface area contributed by atoms with Crippen LogP contribution in [0.25, 0.3) is 0 Å². The van der Waals surface area contributed by atoms with Gasteiger partial charge in [0.05, 0.1) is 5.50 Å². The van der Waals surface area contributed by atoms with Crippen molar-refractivity contribution in [3.8, 4) is 0 Å². The van der Waals surface area contributed by atoms with Gasteiger partial charge < -0.3 is 0 Å². The molecule has 1 heterocycles. The van der Waals surface area contributed by atoms with Crippen molar-refractivity contribution in [2.45, 2.75) is 64.5 Å². The lowest BCUT2D eigenvalue weighted by Gasteiger charge is -2.44. The van der Waals surface area contributed by atoms with Crippen LogP contribution in [0.15, 0.2) is 0 Å². The number of hydrazine groups is 1. The zero-order valence-corrected chi connectivity index (χ0v) is 10.5. The van der Waals surface area contributed by atoms with Gasteiger partial charge in [-0.05, 0) is 32.1 Å². The Balaban J connectivity index is 2.63. The van der Waals surface area contributed by atoms with Gasteiger partial charge in [0.2, 0.25) is 0 Å². The van der Waals surface area contributed by atoms with E-state index in [0.29, 0.717) is 18.0 Å². The molecule has 0 saturated carbocycles. The molecule has 0 radical (unpaired) electrons. The molecule has 3 atom stereocenters. The maximum atomic E-state index is 6.13. The maximum absolute atomic E-state index is 6.13. The van der Waals surface area contributed by atoms with Gasteiger partial charge in [-0.15, -0.1) is 11.6 Å². The number of halogens is 1. The third-order valence-corrected chi connectivity index (χ3v) is 3.51. The number of nitrogens with zero attached hydrogens (tertiary/aromatic N) is 1. The molecular formula is C11H23ClN2. The minimum absolute atomic E-state index is 0.124. The molecule has 1 N–H and O–H groups in total. The smallest absolute Gasteiger partial charge is 0.0954 e. The Morgan fingerprint density at radius 3 is 2.50 bits per heavy atom. The van der Waals surface area contributed by atoms with Gasteiger partial charge >= 0.3 is 0 Å². The van der Waals surface area contributed by atoms with E-state index in [1.807, 2.05) is 0 Å². The maximum Gasteiger partial charge on any atom is 0.0954 e. The molecule has 0 aromatic rings. The van der Waals surface area contributed by atoms with Gasteiger partial charge in [0, 0.05) is 12.1 Å². The first kappa shape index (κ1) is 12.3. The minimum Gasteiger partial charge on any atom is -0.237 e. The van der Waals surface area contributed by atoms with Crippen LogP contribution in [-0.2, 0) is 0 Å². The van der Waals surface area contributed by atoms with E-state index in [0.717, 1.165) is 6.42 Å². The molecular weight excluding hydrogens is 196 g/mol. The zero-order chi connectivity index (χ0) is 10.7. The SMILES string of the molecule is CCC(C)N1NC(Cl)CCC1C(C)C. The second-order valence-electron chi connectivity index (χ2n) is 4.65. The van der Waals surface area contributed by atoms with Gasteiger partial charge in [-0.2, -0.15) is 0 Å². The Morgan fingerprint density at radius 1 is 1.36 bits per heavy atom. The summed E-state index contributed by atoms with van der Waals surface area (Å²) in [7, 11) is 0. The summed E-state index contributed by atoms with van der Waals surface area (Å²) in [4.78, 5) is 0. The highest BCUT2D eigenvalue weighted by molar-refractivity contribution is 6.20. The van der Waals surface area contributed by atoms with Crippen LogP contribution >= 0.6 is 11.6 Å². The van der Waals surface area contributed by atoms with Gasteiger partial charge in [0.25, 0.3) is 0 Å². The standard InChI is InChI=1S/C11H23ClN2/c1-5-9(4)14-10(8(2)3)6-7-11(12)13-14/h8-11,13H,5-7H2,1-4H3. The number of hydrogen-bond donors (Lipinski definition) is 1. The summed E-state index contributed by atoms with van der Waals surface area (Å²) in [5.74, 6) is 0.695. The predicted molar refractivity (Wildman–Crippen MR) is 62.2 cm³/mol. The Morgan fingerprint density at radius 2 is 2.00 bits per heavy atom. The zero-order valence-electron chi connectivity index (χ0n) is 9.76. The summed E-state index contributed by atoms with van der Waals surface area (Å²) in [6, 6.07) is 1.21. The van der Waals surface area contributed by atoms with Gasteiger partial charge in [-0.1, -0.05) is 20.8 Å². The molecule has 0 amide bonds.